The molecule has 1 atom stereocenters. The Bertz CT molecular complexity index is 624. The highest BCUT2D eigenvalue weighted by Crippen LogP contribution is 2.17. The standard InChI is InChI=1S/C15H16FNOS2/c1-9(7-12-5-3-10(2)20-12)17-15(18)11-4-6-13(16)14(19)8-11/h3-6,8-9,19H,7H2,1-2H3,(H,17,18). The van der Waals surface area contributed by atoms with Crippen molar-refractivity contribution in [3.05, 3.63) is 51.5 Å². The number of halogens is 1. The predicted molar refractivity (Wildman–Crippen MR) is 83.3 cm³/mol. The average molecular weight is 309 g/mol. The Hall–Kier alpha value is -1.33. The molecule has 2 nitrogen and oxygen atoms in total. The number of rotatable bonds is 4. The molecule has 5 heteroatoms. The Balaban J connectivity index is 1.98. The van der Waals surface area contributed by atoms with Crippen LogP contribution in [0.1, 0.15) is 27.0 Å². The van der Waals surface area contributed by atoms with Crippen LogP contribution in [0, 0.1) is 12.7 Å². The number of benzene rings is 1. The monoisotopic (exact) mass is 309 g/mol. The van der Waals surface area contributed by atoms with Gasteiger partial charge in [0.1, 0.15) is 5.82 Å². The van der Waals surface area contributed by atoms with Crippen LogP contribution in [0.15, 0.2) is 35.2 Å². The van der Waals surface area contributed by atoms with Crippen LogP contribution in [-0.2, 0) is 6.42 Å². The quantitative estimate of drug-likeness (QED) is 0.825. The summed E-state index contributed by atoms with van der Waals surface area (Å²) in [6.07, 6.45) is 0.791. The van der Waals surface area contributed by atoms with Crippen LogP contribution in [0.3, 0.4) is 0 Å². The molecule has 1 N–H and O–H groups in total. The van der Waals surface area contributed by atoms with E-state index in [-0.39, 0.29) is 16.8 Å². The molecule has 1 aromatic heterocycles. The van der Waals surface area contributed by atoms with Gasteiger partial charge in [0.05, 0.1) is 0 Å². The fourth-order valence-corrected chi connectivity index (χ4v) is 3.14. The molecule has 0 spiro atoms. The highest BCUT2D eigenvalue weighted by molar-refractivity contribution is 7.80. The van der Waals surface area contributed by atoms with Gasteiger partial charge in [0.25, 0.3) is 5.91 Å². The summed E-state index contributed by atoms with van der Waals surface area (Å²) in [4.78, 5) is 14.7. The minimum atomic E-state index is -0.424. The minimum Gasteiger partial charge on any atom is -0.349 e. The maximum absolute atomic E-state index is 13.1. The predicted octanol–water partition coefficient (Wildman–Crippen LogP) is 3.85. The lowest BCUT2D eigenvalue weighted by Crippen LogP contribution is -2.33. The minimum absolute atomic E-state index is 0.0222. The van der Waals surface area contributed by atoms with E-state index in [1.807, 2.05) is 6.92 Å². The van der Waals surface area contributed by atoms with Gasteiger partial charge in [-0.1, -0.05) is 0 Å². The summed E-state index contributed by atoms with van der Waals surface area (Å²) in [6.45, 7) is 4.02. The molecule has 0 saturated carbocycles. The van der Waals surface area contributed by atoms with Crippen molar-refractivity contribution in [3.63, 3.8) is 0 Å². The normalized spacial score (nSPS) is 12.2. The van der Waals surface area contributed by atoms with Crippen LogP contribution in [0.25, 0.3) is 0 Å². The molecular weight excluding hydrogens is 293 g/mol. The maximum Gasteiger partial charge on any atom is 0.251 e. The van der Waals surface area contributed by atoms with Gasteiger partial charge in [-0.3, -0.25) is 4.79 Å². The number of hydrogen-bond acceptors (Lipinski definition) is 3. The highest BCUT2D eigenvalue weighted by Gasteiger charge is 2.12. The second-order valence-corrected chi connectivity index (χ2v) is 6.61. The molecule has 1 unspecified atom stereocenters. The van der Waals surface area contributed by atoms with Crippen molar-refractivity contribution in [2.24, 2.45) is 0 Å². The van der Waals surface area contributed by atoms with Crippen LogP contribution in [0.5, 0.6) is 0 Å². The number of carbonyl (C=O) groups excluding carboxylic acids is 1. The number of amides is 1. The lowest BCUT2D eigenvalue weighted by molar-refractivity contribution is 0.0940. The van der Waals surface area contributed by atoms with E-state index in [4.69, 9.17) is 0 Å². The van der Waals surface area contributed by atoms with E-state index in [0.717, 1.165) is 6.42 Å². The average Bonchev–Trinajstić information content (AvgIpc) is 2.77. The largest absolute Gasteiger partial charge is 0.349 e. The van der Waals surface area contributed by atoms with Crippen molar-refractivity contribution >= 4 is 29.9 Å². The van der Waals surface area contributed by atoms with Gasteiger partial charge in [0.2, 0.25) is 0 Å². The SMILES string of the molecule is Cc1ccc(CC(C)NC(=O)c2ccc(F)c(S)c2)s1. The smallest absolute Gasteiger partial charge is 0.251 e. The van der Waals surface area contributed by atoms with E-state index in [0.29, 0.717) is 5.56 Å². The fourth-order valence-electron chi connectivity index (χ4n) is 1.91. The molecule has 0 fully saturated rings. The van der Waals surface area contributed by atoms with Crippen molar-refractivity contribution in [1.29, 1.82) is 0 Å². The Morgan fingerprint density at radius 2 is 2.15 bits per heavy atom. The van der Waals surface area contributed by atoms with Crippen LogP contribution >= 0.6 is 24.0 Å². The van der Waals surface area contributed by atoms with Crippen molar-refractivity contribution in [1.82, 2.24) is 5.32 Å². The van der Waals surface area contributed by atoms with Crippen LogP contribution in [0.2, 0.25) is 0 Å². The number of aryl methyl sites for hydroxylation is 1. The van der Waals surface area contributed by atoms with Gasteiger partial charge in [-0.25, -0.2) is 4.39 Å². The van der Waals surface area contributed by atoms with Crippen molar-refractivity contribution in [2.75, 3.05) is 0 Å². The zero-order valence-electron chi connectivity index (χ0n) is 11.3. The zero-order valence-corrected chi connectivity index (χ0v) is 13.0. The molecule has 0 bridgehead atoms. The van der Waals surface area contributed by atoms with Crippen molar-refractivity contribution in [2.45, 2.75) is 31.2 Å². The summed E-state index contributed by atoms with van der Waals surface area (Å²) < 4.78 is 13.1. The van der Waals surface area contributed by atoms with Gasteiger partial charge in [-0.05, 0) is 44.2 Å². The van der Waals surface area contributed by atoms with Crippen LogP contribution in [-0.4, -0.2) is 11.9 Å². The third-order valence-corrected chi connectivity index (χ3v) is 4.25. The first kappa shape index (κ1) is 15.1. The molecule has 20 heavy (non-hydrogen) atoms. The third-order valence-electron chi connectivity index (χ3n) is 2.89. The van der Waals surface area contributed by atoms with E-state index >= 15 is 0 Å². The number of hydrogen-bond donors (Lipinski definition) is 2. The van der Waals surface area contributed by atoms with E-state index in [2.05, 4.69) is 37.0 Å². The summed E-state index contributed by atoms with van der Waals surface area (Å²) in [5.41, 5.74) is 0.422. The molecule has 1 amide bonds. The lowest BCUT2D eigenvalue weighted by Gasteiger charge is -2.13. The molecule has 2 aromatic rings. The first-order valence-electron chi connectivity index (χ1n) is 6.30. The molecule has 106 valence electrons. The Labute approximate surface area is 127 Å². The molecule has 0 radical (unpaired) electrons. The summed E-state index contributed by atoms with van der Waals surface area (Å²) >= 11 is 5.71. The lowest BCUT2D eigenvalue weighted by atomic mass is 10.1. The molecular formula is C15H16FNOS2. The van der Waals surface area contributed by atoms with Crippen LogP contribution in [0.4, 0.5) is 4.39 Å². The second-order valence-electron chi connectivity index (χ2n) is 4.76. The summed E-state index contributed by atoms with van der Waals surface area (Å²) in [6, 6.07) is 8.33. The molecule has 0 aliphatic heterocycles. The maximum atomic E-state index is 13.1. The Kier molecular flexibility index (Phi) is 4.83. The van der Waals surface area contributed by atoms with E-state index in [1.165, 1.54) is 28.0 Å². The van der Waals surface area contributed by atoms with Gasteiger partial charge in [-0.2, -0.15) is 0 Å². The number of thiophene rings is 1. The number of carbonyl (C=O) groups is 1. The van der Waals surface area contributed by atoms with Gasteiger partial charge >= 0.3 is 0 Å². The highest BCUT2D eigenvalue weighted by atomic mass is 32.1. The molecule has 1 aromatic carbocycles. The summed E-state index contributed by atoms with van der Waals surface area (Å²) in [5.74, 6) is -0.631. The van der Waals surface area contributed by atoms with E-state index in [1.54, 1.807) is 11.3 Å². The fraction of sp³-hybridized carbons (Fsp3) is 0.267. The first-order valence-corrected chi connectivity index (χ1v) is 7.57. The third kappa shape index (κ3) is 3.84. The summed E-state index contributed by atoms with van der Waals surface area (Å²) in [7, 11) is 0. The van der Waals surface area contributed by atoms with Crippen molar-refractivity contribution in [3.8, 4) is 0 Å². The van der Waals surface area contributed by atoms with Gasteiger partial charge < -0.3 is 5.32 Å². The molecule has 1 heterocycles. The Morgan fingerprint density at radius 3 is 2.75 bits per heavy atom. The van der Waals surface area contributed by atoms with Gasteiger partial charge in [0, 0.05) is 32.7 Å². The van der Waals surface area contributed by atoms with E-state index in [9.17, 15) is 9.18 Å². The number of thiol groups is 1. The van der Waals surface area contributed by atoms with Crippen LogP contribution < -0.4 is 5.32 Å². The molecule has 0 saturated heterocycles. The van der Waals surface area contributed by atoms with Gasteiger partial charge in [-0.15, -0.1) is 24.0 Å². The van der Waals surface area contributed by atoms with Crippen molar-refractivity contribution < 1.29 is 9.18 Å². The summed E-state index contributed by atoms with van der Waals surface area (Å²) in [5, 5.41) is 2.91. The number of nitrogens with one attached hydrogen (secondary N) is 1. The van der Waals surface area contributed by atoms with Gasteiger partial charge in [0.15, 0.2) is 0 Å². The molecule has 0 aliphatic carbocycles. The molecule has 2 rings (SSSR count). The second kappa shape index (κ2) is 6.41. The van der Waals surface area contributed by atoms with E-state index < -0.39 is 5.82 Å². The molecule has 0 aliphatic rings. The Morgan fingerprint density at radius 1 is 1.40 bits per heavy atom. The first-order chi connectivity index (χ1) is 9.45. The zero-order chi connectivity index (χ0) is 14.7. The topological polar surface area (TPSA) is 29.1 Å².